The summed E-state index contributed by atoms with van der Waals surface area (Å²) < 4.78 is 0. The topological polar surface area (TPSA) is 94.5 Å². The van der Waals surface area contributed by atoms with Crippen molar-refractivity contribution >= 4 is 18.1 Å². The average Bonchev–Trinajstić information content (AvgIpc) is 3.62. The van der Waals surface area contributed by atoms with Crippen molar-refractivity contribution < 1.29 is 4.79 Å². The molecule has 2 unspecified atom stereocenters. The van der Waals surface area contributed by atoms with Gasteiger partial charge in [0.05, 0.1) is 12.0 Å². The predicted molar refractivity (Wildman–Crippen MR) is 127 cm³/mol. The van der Waals surface area contributed by atoms with Gasteiger partial charge >= 0.3 is 0 Å². The molecule has 3 aromatic rings. The van der Waals surface area contributed by atoms with Crippen LogP contribution in [0, 0.1) is 5.92 Å². The smallest absolute Gasteiger partial charge is 0.269 e. The Morgan fingerprint density at radius 2 is 1.94 bits per heavy atom. The Morgan fingerprint density at radius 1 is 1.09 bits per heavy atom. The second-order valence-corrected chi connectivity index (χ2v) is 8.93. The lowest BCUT2D eigenvalue weighted by Gasteiger charge is -2.31. The molecule has 2 atom stereocenters. The highest BCUT2D eigenvalue weighted by Crippen LogP contribution is 2.41. The highest BCUT2D eigenvalue weighted by atomic mass is 16.1. The van der Waals surface area contributed by atoms with E-state index in [2.05, 4.69) is 80.4 Å². The van der Waals surface area contributed by atoms with Crippen molar-refractivity contribution in [1.29, 1.82) is 0 Å². The van der Waals surface area contributed by atoms with Crippen molar-refractivity contribution in [3.63, 3.8) is 0 Å². The molecule has 0 radical (unpaired) electrons. The second-order valence-electron chi connectivity index (χ2n) is 8.93. The molecular weight excluding hydrogens is 412 g/mol. The highest BCUT2D eigenvalue weighted by Gasteiger charge is 2.40. The summed E-state index contributed by atoms with van der Waals surface area (Å²) in [5.41, 5.74) is 5.30. The minimum atomic E-state index is -0.228. The van der Waals surface area contributed by atoms with Crippen LogP contribution in [0.4, 0.5) is 0 Å². The lowest BCUT2D eigenvalue weighted by atomic mass is 9.76. The number of hydrogen-bond acceptors (Lipinski definition) is 5. The molecule has 1 aromatic heterocycles. The van der Waals surface area contributed by atoms with E-state index in [1.54, 1.807) is 18.6 Å². The molecule has 164 valence electrons. The lowest BCUT2D eigenvalue weighted by Crippen LogP contribution is -2.42. The zero-order valence-corrected chi connectivity index (χ0v) is 18.0. The van der Waals surface area contributed by atoms with E-state index in [0.29, 0.717) is 12.2 Å². The SMILES string of the molecule is O=C(NCC1(c2cccc(C3N=CN=C4NC=CC43)c2)Cc2ccccc2C1)c1ccn[nH]1. The molecule has 0 bridgehead atoms. The van der Waals surface area contributed by atoms with Gasteiger partial charge in [0.25, 0.3) is 5.91 Å². The van der Waals surface area contributed by atoms with Gasteiger partial charge in [-0.2, -0.15) is 5.10 Å². The number of carbonyl (C=O) groups is 1. The quantitative estimate of drug-likeness (QED) is 0.574. The summed E-state index contributed by atoms with van der Waals surface area (Å²) in [6.07, 6.45) is 9.06. The van der Waals surface area contributed by atoms with Crippen LogP contribution in [-0.2, 0) is 18.3 Å². The van der Waals surface area contributed by atoms with Gasteiger partial charge in [0.2, 0.25) is 0 Å². The maximum atomic E-state index is 12.7. The maximum absolute atomic E-state index is 12.7. The minimum absolute atomic E-state index is 0.0101. The molecule has 1 amide bonds. The monoisotopic (exact) mass is 436 g/mol. The number of fused-ring (bicyclic) bond motifs is 2. The third-order valence-electron chi connectivity index (χ3n) is 6.96. The number of amides is 1. The van der Waals surface area contributed by atoms with Crippen molar-refractivity contribution in [1.82, 2.24) is 20.8 Å². The third-order valence-corrected chi connectivity index (χ3v) is 6.96. The van der Waals surface area contributed by atoms with E-state index in [1.807, 2.05) is 6.20 Å². The average molecular weight is 437 g/mol. The fourth-order valence-corrected chi connectivity index (χ4v) is 5.26. The summed E-state index contributed by atoms with van der Waals surface area (Å²) in [5, 5.41) is 13.0. The Kier molecular flexibility index (Phi) is 4.68. The molecule has 3 aliphatic rings. The Labute approximate surface area is 191 Å². The van der Waals surface area contributed by atoms with Crippen molar-refractivity contribution in [3.8, 4) is 0 Å². The Balaban J connectivity index is 1.34. The van der Waals surface area contributed by atoms with Gasteiger partial charge in [-0.15, -0.1) is 0 Å². The van der Waals surface area contributed by atoms with Crippen molar-refractivity contribution in [2.24, 2.45) is 15.9 Å². The molecule has 2 aromatic carbocycles. The molecule has 3 heterocycles. The first-order chi connectivity index (χ1) is 16.2. The Morgan fingerprint density at radius 3 is 2.73 bits per heavy atom. The maximum Gasteiger partial charge on any atom is 0.269 e. The molecule has 6 rings (SSSR count). The molecule has 0 fully saturated rings. The Hall–Kier alpha value is -4.00. The summed E-state index contributed by atoms with van der Waals surface area (Å²) in [5.74, 6) is 0.927. The van der Waals surface area contributed by atoms with Crippen LogP contribution in [-0.4, -0.2) is 34.8 Å². The first-order valence-corrected chi connectivity index (χ1v) is 11.2. The molecular formula is C26H24N6O. The van der Waals surface area contributed by atoms with Crippen molar-refractivity contribution in [2.45, 2.75) is 24.3 Å². The number of H-pyrrole nitrogens is 1. The summed E-state index contributed by atoms with van der Waals surface area (Å²) in [7, 11) is 0. The van der Waals surface area contributed by atoms with Gasteiger partial charge in [0.1, 0.15) is 17.9 Å². The zero-order valence-electron chi connectivity index (χ0n) is 18.0. The molecule has 7 heteroatoms. The normalized spacial score (nSPS) is 21.8. The first kappa shape index (κ1) is 19.7. The lowest BCUT2D eigenvalue weighted by molar-refractivity contribution is 0.0938. The van der Waals surface area contributed by atoms with Crippen molar-refractivity contribution in [2.75, 3.05) is 6.54 Å². The number of aromatic amines is 1. The van der Waals surface area contributed by atoms with Crippen molar-refractivity contribution in [3.05, 3.63) is 101 Å². The number of nitrogens with zero attached hydrogens (tertiary/aromatic N) is 3. The molecule has 3 N–H and O–H groups in total. The zero-order chi connectivity index (χ0) is 22.3. The van der Waals surface area contributed by atoms with Crippen LogP contribution in [0.25, 0.3) is 0 Å². The summed E-state index contributed by atoms with van der Waals surface area (Å²) in [6, 6.07) is 18.9. The van der Waals surface area contributed by atoms with Crippen LogP contribution in [0.5, 0.6) is 0 Å². The number of aliphatic imine (C=N–C) groups is 2. The second kappa shape index (κ2) is 7.85. The highest BCUT2D eigenvalue weighted by molar-refractivity contribution is 5.96. The number of rotatable bonds is 5. The number of hydrogen-bond donors (Lipinski definition) is 3. The van der Waals surface area contributed by atoms with E-state index < -0.39 is 0 Å². The summed E-state index contributed by atoms with van der Waals surface area (Å²) >= 11 is 0. The number of benzene rings is 2. The van der Waals surface area contributed by atoms with Gasteiger partial charge in [0, 0.05) is 18.2 Å². The van der Waals surface area contributed by atoms with E-state index in [1.165, 1.54) is 16.7 Å². The first-order valence-electron chi connectivity index (χ1n) is 11.2. The van der Waals surface area contributed by atoms with Gasteiger partial charge in [-0.25, -0.2) is 4.99 Å². The fourth-order valence-electron chi connectivity index (χ4n) is 5.26. The standard InChI is InChI=1S/C26H24N6O/c33-25(22-9-11-31-32-22)28-15-26(13-18-4-1-2-5-19(18)14-26)20-7-3-6-17(12-20)23-21-8-10-27-24(21)30-16-29-23/h1-12,16,21,23H,13-15H2,(H,28,33)(H,31,32)(H,27,29,30). The number of nitrogens with one attached hydrogen (secondary N) is 3. The minimum Gasteiger partial charge on any atom is -0.350 e. The van der Waals surface area contributed by atoms with Gasteiger partial charge in [0.15, 0.2) is 0 Å². The molecule has 2 aliphatic heterocycles. The van der Waals surface area contributed by atoms with Gasteiger partial charge < -0.3 is 10.6 Å². The summed E-state index contributed by atoms with van der Waals surface area (Å²) in [6.45, 7) is 0.536. The Bertz CT molecular complexity index is 1260. The van der Waals surface area contributed by atoms with Crippen LogP contribution in [0.3, 0.4) is 0 Å². The predicted octanol–water partition coefficient (Wildman–Crippen LogP) is 3.09. The molecule has 1 aliphatic carbocycles. The number of aromatic nitrogens is 2. The molecule has 0 saturated heterocycles. The molecule has 0 saturated carbocycles. The van der Waals surface area contributed by atoms with Gasteiger partial charge in [-0.05, 0) is 47.4 Å². The summed E-state index contributed by atoms with van der Waals surface area (Å²) in [4.78, 5) is 21.8. The van der Waals surface area contributed by atoms with Crippen LogP contribution in [0.15, 0.2) is 83.1 Å². The van der Waals surface area contributed by atoms with E-state index >= 15 is 0 Å². The van der Waals surface area contributed by atoms with Gasteiger partial charge in [-0.3, -0.25) is 14.9 Å². The fraction of sp³-hybridized carbons (Fsp3) is 0.231. The number of carbonyl (C=O) groups excluding carboxylic acids is 1. The van der Waals surface area contributed by atoms with Crippen LogP contribution in [0.2, 0.25) is 0 Å². The number of amidine groups is 1. The van der Waals surface area contributed by atoms with Crippen LogP contribution < -0.4 is 10.6 Å². The van der Waals surface area contributed by atoms with E-state index in [9.17, 15) is 4.79 Å². The molecule has 0 spiro atoms. The van der Waals surface area contributed by atoms with Gasteiger partial charge in [-0.1, -0.05) is 54.6 Å². The largest absolute Gasteiger partial charge is 0.350 e. The van der Waals surface area contributed by atoms with Crippen LogP contribution >= 0.6 is 0 Å². The van der Waals surface area contributed by atoms with Crippen LogP contribution in [0.1, 0.15) is 38.8 Å². The van der Waals surface area contributed by atoms with E-state index in [-0.39, 0.29) is 23.3 Å². The molecule has 7 nitrogen and oxygen atoms in total. The van der Waals surface area contributed by atoms with E-state index in [0.717, 1.165) is 24.2 Å². The molecule has 33 heavy (non-hydrogen) atoms. The van der Waals surface area contributed by atoms with E-state index in [4.69, 9.17) is 4.99 Å². The third kappa shape index (κ3) is 3.46.